The molecule has 1 unspecified atom stereocenters. The van der Waals surface area contributed by atoms with E-state index in [0.29, 0.717) is 11.2 Å². The minimum absolute atomic E-state index is 0.180. The zero-order valence-electron chi connectivity index (χ0n) is 11.9. The van der Waals surface area contributed by atoms with Crippen LogP contribution in [0.25, 0.3) is 0 Å². The van der Waals surface area contributed by atoms with Gasteiger partial charge in [0.1, 0.15) is 11.6 Å². The van der Waals surface area contributed by atoms with Gasteiger partial charge in [0.05, 0.1) is 0 Å². The van der Waals surface area contributed by atoms with Crippen LogP contribution in [0.1, 0.15) is 46.5 Å². The highest BCUT2D eigenvalue weighted by Gasteiger charge is 2.32. The molecular weight excluding hydrogens is 262 g/mol. The number of carbonyl (C=O) groups excluding carboxylic acids is 1. The Bertz CT molecular complexity index is 333. The van der Waals surface area contributed by atoms with Crippen LogP contribution in [0.2, 0.25) is 0 Å². The Morgan fingerprint density at radius 3 is 2.26 bits per heavy atom. The molecule has 6 heteroatoms. The van der Waals surface area contributed by atoms with Crippen LogP contribution >= 0.6 is 12.2 Å². The van der Waals surface area contributed by atoms with Gasteiger partial charge in [0.2, 0.25) is 0 Å². The molecule has 0 aliphatic heterocycles. The molecule has 0 saturated heterocycles. The summed E-state index contributed by atoms with van der Waals surface area (Å²) in [5.74, 6) is -0.127. The lowest BCUT2D eigenvalue weighted by Gasteiger charge is -2.32. The molecule has 0 aromatic carbocycles. The Hall–Kier alpha value is -0.880. The molecule has 5 nitrogen and oxygen atoms in total. The molecular formula is C13H25N3O2S. The van der Waals surface area contributed by atoms with Crippen LogP contribution in [0.4, 0.5) is 0 Å². The molecule has 0 spiro atoms. The fraction of sp³-hybridized carbons (Fsp3) is 0.846. The molecule has 0 aromatic heterocycles. The predicted octanol–water partition coefficient (Wildman–Crippen LogP) is 1.05. The van der Waals surface area contributed by atoms with Gasteiger partial charge in [-0.15, -0.1) is 0 Å². The van der Waals surface area contributed by atoms with Crippen LogP contribution in [0.15, 0.2) is 0 Å². The topological polar surface area (TPSA) is 90.4 Å². The van der Waals surface area contributed by atoms with E-state index in [4.69, 9.17) is 28.4 Å². The van der Waals surface area contributed by atoms with E-state index in [2.05, 4.69) is 5.32 Å². The van der Waals surface area contributed by atoms with Crippen molar-refractivity contribution in [2.75, 3.05) is 0 Å². The average molecular weight is 287 g/mol. The maximum absolute atomic E-state index is 11.9. The smallest absolute Gasteiger partial charge is 0.323 e. The maximum atomic E-state index is 11.9. The second-order valence-electron chi connectivity index (χ2n) is 6.18. The summed E-state index contributed by atoms with van der Waals surface area (Å²) in [6, 6.07) is -0.232. The minimum atomic E-state index is -0.537. The molecule has 0 aromatic rings. The number of hydrogen-bond acceptors (Lipinski definition) is 4. The fourth-order valence-corrected chi connectivity index (χ4v) is 2.55. The molecule has 0 bridgehead atoms. The summed E-state index contributed by atoms with van der Waals surface area (Å²) in [6.45, 7) is 5.54. The molecule has 1 fully saturated rings. The summed E-state index contributed by atoms with van der Waals surface area (Å²) in [7, 11) is 0. The molecule has 0 heterocycles. The molecule has 1 rings (SSSR count). The zero-order chi connectivity index (χ0) is 14.6. The van der Waals surface area contributed by atoms with Gasteiger partial charge in [0.15, 0.2) is 5.11 Å². The number of nitrogens with one attached hydrogen (secondary N) is 1. The van der Waals surface area contributed by atoms with Gasteiger partial charge in [-0.05, 0) is 64.6 Å². The number of hydrogen-bond donors (Lipinski definition) is 3. The van der Waals surface area contributed by atoms with E-state index in [9.17, 15) is 4.79 Å². The van der Waals surface area contributed by atoms with Crippen molar-refractivity contribution < 1.29 is 9.53 Å². The summed E-state index contributed by atoms with van der Waals surface area (Å²) in [6.07, 6.45) is 3.64. The Balaban J connectivity index is 2.42. The third-order valence-electron chi connectivity index (χ3n) is 3.31. The van der Waals surface area contributed by atoms with Gasteiger partial charge >= 0.3 is 5.97 Å². The van der Waals surface area contributed by atoms with Gasteiger partial charge in [-0.3, -0.25) is 4.79 Å². The van der Waals surface area contributed by atoms with Crippen LogP contribution in [-0.2, 0) is 9.53 Å². The third kappa shape index (κ3) is 5.74. The molecule has 1 aliphatic carbocycles. The van der Waals surface area contributed by atoms with Gasteiger partial charge in [-0.1, -0.05) is 0 Å². The van der Waals surface area contributed by atoms with Crippen molar-refractivity contribution in [1.82, 2.24) is 5.32 Å². The lowest BCUT2D eigenvalue weighted by atomic mass is 9.82. The van der Waals surface area contributed by atoms with Crippen LogP contribution in [-0.4, -0.2) is 28.8 Å². The highest BCUT2D eigenvalue weighted by Crippen LogP contribution is 2.27. The number of thiocarbonyl (C=S) groups is 1. The molecule has 19 heavy (non-hydrogen) atoms. The SMILES string of the molecule is CC(C)(C)OC(=O)C(N)[C@H]1CC[C@H](NC(N)=S)CC1. The Morgan fingerprint density at radius 1 is 1.32 bits per heavy atom. The quantitative estimate of drug-likeness (QED) is 0.531. The van der Waals surface area contributed by atoms with Crippen molar-refractivity contribution in [1.29, 1.82) is 0 Å². The molecule has 1 saturated carbocycles. The monoisotopic (exact) mass is 287 g/mol. The van der Waals surface area contributed by atoms with E-state index in [-0.39, 0.29) is 11.9 Å². The highest BCUT2D eigenvalue weighted by atomic mass is 32.1. The largest absolute Gasteiger partial charge is 0.459 e. The number of nitrogens with two attached hydrogens (primary N) is 2. The molecule has 0 amide bonds. The standard InChI is InChI=1S/C13H25N3O2S/c1-13(2,3)18-11(17)10(14)8-4-6-9(7-5-8)16-12(15)19/h8-10H,4-7,14H2,1-3H3,(H3,15,16,19)/t8-,9-,10?. The van der Waals surface area contributed by atoms with Gasteiger partial charge in [-0.25, -0.2) is 0 Å². The third-order valence-corrected chi connectivity index (χ3v) is 3.42. The van der Waals surface area contributed by atoms with Gasteiger partial charge < -0.3 is 21.5 Å². The molecule has 1 atom stereocenters. The number of ether oxygens (including phenoxy) is 1. The van der Waals surface area contributed by atoms with Crippen LogP contribution < -0.4 is 16.8 Å². The first kappa shape index (κ1) is 16.2. The van der Waals surface area contributed by atoms with Crippen molar-refractivity contribution in [3.63, 3.8) is 0 Å². The van der Waals surface area contributed by atoms with Crippen LogP contribution in [0.3, 0.4) is 0 Å². The van der Waals surface area contributed by atoms with Crippen molar-refractivity contribution in [3.05, 3.63) is 0 Å². The summed E-state index contributed by atoms with van der Waals surface area (Å²) < 4.78 is 5.32. The second kappa shape index (κ2) is 6.52. The minimum Gasteiger partial charge on any atom is -0.459 e. The van der Waals surface area contributed by atoms with E-state index >= 15 is 0 Å². The molecule has 110 valence electrons. The van der Waals surface area contributed by atoms with E-state index in [1.165, 1.54) is 0 Å². The van der Waals surface area contributed by atoms with Crippen molar-refractivity contribution in [2.45, 2.75) is 64.1 Å². The summed E-state index contributed by atoms with van der Waals surface area (Å²) in [4.78, 5) is 11.9. The molecule has 5 N–H and O–H groups in total. The molecule has 0 radical (unpaired) electrons. The summed E-state index contributed by atoms with van der Waals surface area (Å²) in [5.41, 5.74) is 11.0. The molecule has 1 aliphatic rings. The van der Waals surface area contributed by atoms with Gasteiger partial charge in [0, 0.05) is 6.04 Å². The number of rotatable bonds is 3. The lowest BCUT2D eigenvalue weighted by Crippen LogP contribution is -2.46. The van der Waals surface area contributed by atoms with Crippen molar-refractivity contribution in [3.8, 4) is 0 Å². The zero-order valence-corrected chi connectivity index (χ0v) is 12.8. The van der Waals surface area contributed by atoms with Crippen molar-refractivity contribution in [2.24, 2.45) is 17.4 Å². The predicted molar refractivity (Wildman–Crippen MR) is 79.5 cm³/mol. The Kier molecular flexibility index (Phi) is 5.55. The second-order valence-corrected chi connectivity index (χ2v) is 6.62. The Morgan fingerprint density at radius 2 is 1.84 bits per heavy atom. The van der Waals surface area contributed by atoms with Gasteiger partial charge in [0.25, 0.3) is 0 Å². The highest BCUT2D eigenvalue weighted by molar-refractivity contribution is 7.80. The average Bonchev–Trinajstić information content (AvgIpc) is 2.26. The first-order valence-electron chi connectivity index (χ1n) is 6.73. The lowest BCUT2D eigenvalue weighted by molar-refractivity contribution is -0.158. The summed E-state index contributed by atoms with van der Waals surface area (Å²) >= 11 is 4.83. The van der Waals surface area contributed by atoms with Gasteiger partial charge in [-0.2, -0.15) is 0 Å². The first-order valence-corrected chi connectivity index (χ1v) is 7.14. The van der Waals surface area contributed by atoms with Crippen LogP contribution in [0, 0.1) is 5.92 Å². The van der Waals surface area contributed by atoms with Crippen molar-refractivity contribution >= 4 is 23.3 Å². The van der Waals surface area contributed by atoms with Crippen LogP contribution in [0.5, 0.6) is 0 Å². The fourth-order valence-electron chi connectivity index (χ4n) is 2.39. The van der Waals surface area contributed by atoms with E-state index in [1.807, 2.05) is 20.8 Å². The van der Waals surface area contributed by atoms with E-state index < -0.39 is 11.6 Å². The maximum Gasteiger partial charge on any atom is 0.323 e. The Labute approximate surface area is 120 Å². The normalized spacial score (nSPS) is 25.5. The number of esters is 1. The summed E-state index contributed by atoms with van der Waals surface area (Å²) in [5, 5.41) is 3.39. The first-order chi connectivity index (χ1) is 8.69. The van der Waals surface area contributed by atoms with E-state index in [1.54, 1.807) is 0 Å². The van der Waals surface area contributed by atoms with E-state index in [0.717, 1.165) is 25.7 Å². The number of carbonyl (C=O) groups is 1.